The summed E-state index contributed by atoms with van der Waals surface area (Å²) in [5.41, 5.74) is -0.0211. The number of amides is 1. The second kappa shape index (κ2) is 6.95. The van der Waals surface area contributed by atoms with Crippen LogP contribution in [-0.2, 0) is 0 Å². The number of nitrogens with zero attached hydrogens (tertiary/aromatic N) is 1. The monoisotopic (exact) mass is 318 g/mol. The number of aliphatic hydroxyl groups excluding tert-OH is 1. The van der Waals surface area contributed by atoms with E-state index in [1.807, 2.05) is 0 Å². The number of halogens is 3. The highest BCUT2D eigenvalue weighted by Gasteiger charge is 2.29. The second-order valence-corrected chi connectivity index (χ2v) is 5.23. The number of pyridine rings is 1. The van der Waals surface area contributed by atoms with Crippen LogP contribution in [0.5, 0.6) is 5.88 Å². The van der Waals surface area contributed by atoms with Gasteiger partial charge in [0.2, 0.25) is 5.88 Å². The van der Waals surface area contributed by atoms with Crippen LogP contribution in [-0.4, -0.2) is 41.4 Å². The highest BCUT2D eigenvalue weighted by Crippen LogP contribution is 2.24. The van der Waals surface area contributed by atoms with Gasteiger partial charge in [0.15, 0.2) is 6.61 Å². The summed E-state index contributed by atoms with van der Waals surface area (Å²) in [4.78, 5) is 15.7. The number of alkyl halides is 3. The average molecular weight is 318 g/mol. The summed E-state index contributed by atoms with van der Waals surface area (Å²) < 4.78 is 40.7. The van der Waals surface area contributed by atoms with Crippen LogP contribution in [0.1, 0.15) is 29.8 Å². The smallest absolute Gasteiger partial charge is 0.422 e. The van der Waals surface area contributed by atoms with Crippen molar-refractivity contribution in [3.8, 4) is 5.88 Å². The van der Waals surface area contributed by atoms with Gasteiger partial charge in [0, 0.05) is 18.5 Å². The fourth-order valence-electron chi connectivity index (χ4n) is 2.35. The van der Waals surface area contributed by atoms with E-state index in [0.29, 0.717) is 6.54 Å². The maximum atomic E-state index is 12.1. The molecule has 2 N–H and O–H groups in total. The molecular weight excluding hydrogens is 301 g/mol. The second-order valence-electron chi connectivity index (χ2n) is 5.23. The van der Waals surface area contributed by atoms with E-state index in [0.717, 1.165) is 19.3 Å². The van der Waals surface area contributed by atoms with Crippen LogP contribution in [0.15, 0.2) is 18.2 Å². The fraction of sp³-hybridized carbons (Fsp3) is 0.571. The highest BCUT2D eigenvalue weighted by molar-refractivity contribution is 5.92. The van der Waals surface area contributed by atoms with E-state index >= 15 is 0 Å². The zero-order chi connectivity index (χ0) is 16.2. The van der Waals surface area contributed by atoms with Crippen LogP contribution >= 0.6 is 0 Å². The number of ether oxygens (including phenoxy) is 1. The van der Waals surface area contributed by atoms with Crippen molar-refractivity contribution < 1.29 is 27.8 Å². The normalized spacial score (nSPS) is 21.6. The molecule has 1 aliphatic carbocycles. The maximum absolute atomic E-state index is 12.1. The number of carbonyl (C=O) groups excluding carboxylic acids is 1. The van der Waals surface area contributed by atoms with Crippen LogP contribution in [0.3, 0.4) is 0 Å². The lowest BCUT2D eigenvalue weighted by molar-refractivity contribution is -0.154. The highest BCUT2D eigenvalue weighted by atomic mass is 19.4. The van der Waals surface area contributed by atoms with Gasteiger partial charge in [0.25, 0.3) is 5.91 Å². The Morgan fingerprint density at radius 2 is 2.18 bits per heavy atom. The Hall–Kier alpha value is -1.83. The minimum Gasteiger partial charge on any atom is -0.468 e. The van der Waals surface area contributed by atoms with Crippen molar-refractivity contribution in [3.05, 3.63) is 23.9 Å². The predicted octanol–water partition coefficient (Wildman–Crippen LogP) is 1.91. The van der Waals surface area contributed by atoms with Gasteiger partial charge in [-0.25, -0.2) is 4.98 Å². The van der Waals surface area contributed by atoms with Gasteiger partial charge in [0.05, 0.1) is 6.10 Å². The number of carbonyl (C=O) groups is 1. The molecule has 1 heterocycles. The molecule has 0 aromatic carbocycles. The molecule has 8 heteroatoms. The molecule has 0 bridgehead atoms. The molecule has 1 aliphatic rings. The summed E-state index contributed by atoms with van der Waals surface area (Å²) in [6.45, 7) is -1.14. The van der Waals surface area contributed by atoms with E-state index in [9.17, 15) is 23.1 Å². The zero-order valence-corrected chi connectivity index (χ0v) is 11.8. The molecule has 1 saturated carbocycles. The Kier molecular flexibility index (Phi) is 5.23. The molecule has 122 valence electrons. The SMILES string of the molecule is O=C(NCC1CCCC1O)c1cccc(OCC(F)(F)F)n1. The minimum absolute atomic E-state index is 0.00797. The number of aliphatic hydroxyl groups is 1. The van der Waals surface area contributed by atoms with E-state index in [1.54, 1.807) is 0 Å². The first-order valence-electron chi connectivity index (χ1n) is 6.98. The van der Waals surface area contributed by atoms with Gasteiger partial charge < -0.3 is 15.2 Å². The topological polar surface area (TPSA) is 71.5 Å². The molecule has 0 saturated heterocycles. The van der Waals surface area contributed by atoms with Gasteiger partial charge in [-0.05, 0) is 18.9 Å². The summed E-state index contributed by atoms with van der Waals surface area (Å²) in [7, 11) is 0. The Balaban J connectivity index is 1.89. The lowest BCUT2D eigenvalue weighted by atomic mass is 10.1. The van der Waals surface area contributed by atoms with Gasteiger partial charge in [-0.3, -0.25) is 4.79 Å². The standard InChI is InChI=1S/C14H17F3N2O3/c15-14(16,17)8-22-12-6-2-4-10(19-12)13(21)18-7-9-3-1-5-11(9)20/h2,4,6,9,11,20H,1,3,5,7-8H2,(H,18,21). The van der Waals surface area contributed by atoms with Gasteiger partial charge >= 0.3 is 6.18 Å². The average Bonchev–Trinajstić information content (AvgIpc) is 2.87. The van der Waals surface area contributed by atoms with E-state index in [4.69, 9.17) is 0 Å². The van der Waals surface area contributed by atoms with Gasteiger partial charge in [0.1, 0.15) is 5.69 Å². The molecule has 0 aliphatic heterocycles. The summed E-state index contributed by atoms with van der Waals surface area (Å²) in [6, 6.07) is 4.04. The molecule has 0 spiro atoms. The number of hydrogen-bond donors (Lipinski definition) is 2. The largest absolute Gasteiger partial charge is 0.468 e. The number of rotatable bonds is 5. The van der Waals surface area contributed by atoms with E-state index in [-0.39, 0.29) is 17.5 Å². The summed E-state index contributed by atoms with van der Waals surface area (Å²) >= 11 is 0. The lowest BCUT2D eigenvalue weighted by Crippen LogP contribution is -2.33. The third kappa shape index (κ3) is 4.87. The van der Waals surface area contributed by atoms with Crippen LogP contribution in [0, 0.1) is 5.92 Å². The van der Waals surface area contributed by atoms with Crippen molar-refractivity contribution in [2.24, 2.45) is 5.92 Å². The molecule has 22 heavy (non-hydrogen) atoms. The summed E-state index contributed by atoms with van der Waals surface area (Å²) in [5, 5.41) is 12.3. The van der Waals surface area contributed by atoms with Crippen molar-refractivity contribution in [1.29, 1.82) is 0 Å². The van der Waals surface area contributed by atoms with Crippen molar-refractivity contribution >= 4 is 5.91 Å². The quantitative estimate of drug-likeness (QED) is 0.870. The van der Waals surface area contributed by atoms with Gasteiger partial charge in [-0.15, -0.1) is 0 Å². The lowest BCUT2D eigenvalue weighted by Gasteiger charge is -2.15. The molecule has 0 radical (unpaired) electrons. The maximum Gasteiger partial charge on any atom is 0.422 e. The summed E-state index contributed by atoms with van der Waals surface area (Å²) in [5.74, 6) is -0.754. The molecule has 1 aromatic heterocycles. The number of hydrogen-bond acceptors (Lipinski definition) is 4. The molecule has 1 aromatic rings. The number of aromatic nitrogens is 1. The van der Waals surface area contributed by atoms with Crippen LogP contribution < -0.4 is 10.1 Å². The summed E-state index contributed by atoms with van der Waals surface area (Å²) in [6.07, 6.45) is -2.41. The first-order valence-corrected chi connectivity index (χ1v) is 6.98. The van der Waals surface area contributed by atoms with Crippen molar-refractivity contribution in [2.75, 3.05) is 13.2 Å². The van der Waals surface area contributed by atoms with Gasteiger partial charge in [-0.1, -0.05) is 12.5 Å². The molecule has 2 rings (SSSR count). The Morgan fingerprint density at radius 1 is 1.41 bits per heavy atom. The number of nitrogens with one attached hydrogen (secondary N) is 1. The third-order valence-electron chi connectivity index (χ3n) is 3.48. The minimum atomic E-state index is -4.46. The Labute approximate surface area is 125 Å². The van der Waals surface area contributed by atoms with Crippen LogP contribution in [0.25, 0.3) is 0 Å². The third-order valence-corrected chi connectivity index (χ3v) is 3.48. The van der Waals surface area contributed by atoms with Crippen molar-refractivity contribution in [3.63, 3.8) is 0 Å². The van der Waals surface area contributed by atoms with Crippen LogP contribution in [0.2, 0.25) is 0 Å². The molecule has 1 amide bonds. The molecule has 2 atom stereocenters. The predicted molar refractivity (Wildman–Crippen MR) is 71.5 cm³/mol. The van der Waals surface area contributed by atoms with E-state index in [1.165, 1.54) is 18.2 Å². The Morgan fingerprint density at radius 3 is 2.82 bits per heavy atom. The van der Waals surface area contributed by atoms with Gasteiger partial charge in [-0.2, -0.15) is 13.2 Å². The van der Waals surface area contributed by atoms with Crippen LogP contribution in [0.4, 0.5) is 13.2 Å². The molecule has 5 nitrogen and oxygen atoms in total. The zero-order valence-electron chi connectivity index (χ0n) is 11.8. The fourth-order valence-corrected chi connectivity index (χ4v) is 2.35. The first kappa shape index (κ1) is 16.5. The van der Waals surface area contributed by atoms with Crippen molar-refractivity contribution in [1.82, 2.24) is 10.3 Å². The van der Waals surface area contributed by atoms with E-state index < -0.39 is 24.8 Å². The first-order chi connectivity index (χ1) is 10.3. The Bertz CT molecular complexity index is 522. The van der Waals surface area contributed by atoms with Crippen molar-refractivity contribution in [2.45, 2.75) is 31.5 Å². The molecule has 1 fully saturated rings. The molecular formula is C14H17F3N2O3. The molecule has 2 unspecified atom stereocenters. The van der Waals surface area contributed by atoms with E-state index in [2.05, 4.69) is 15.0 Å².